The van der Waals surface area contributed by atoms with Gasteiger partial charge in [-0.2, -0.15) is 0 Å². The van der Waals surface area contributed by atoms with Gasteiger partial charge in [-0.05, 0) is 86.4 Å². The third-order valence-corrected chi connectivity index (χ3v) is 12.4. The van der Waals surface area contributed by atoms with Crippen molar-refractivity contribution in [2.45, 2.75) is 82.5 Å². The Labute approximate surface area is 387 Å². The van der Waals surface area contributed by atoms with Gasteiger partial charge in [-0.1, -0.05) is 78.9 Å². The minimum absolute atomic E-state index is 0.00676. The van der Waals surface area contributed by atoms with Crippen molar-refractivity contribution in [3.8, 4) is 11.1 Å². The average Bonchev–Trinajstić information content (AvgIpc) is 4.10. The SMILES string of the molecule is CC(C)(C)OC(=O)N[C@@H](CCCNC(=O)OCC1c2ccccc2-c2ccccc21)C(=O)N[C@@H](Cc1ccccc1)C(=O)N1CCN(c2cc3c(cc2F)c(=O)c(C(=O)O)cn3C2CC2)CC1. The van der Waals surface area contributed by atoms with E-state index in [0.717, 1.165) is 46.7 Å². The van der Waals surface area contributed by atoms with E-state index in [1.54, 1.807) is 41.2 Å². The zero-order valence-corrected chi connectivity index (χ0v) is 37.8. The molecule has 67 heavy (non-hydrogen) atoms. The Morgan fingerprint density at radius 3 is 2.09 bits per heavy atom. The number of nitrogens with zero attached hydrogens (tertiary/aromatic N) is 3. The molecule has 2 heterocycles. The maximum atomic E-state index is 15.8. The lowest BCUT2D eigenvalue weighted by atomic mass is 9.98. The molecule has 2 atom stereocenters. The quantitative estimate of drug-likeness (QED) is 0.0818. The van der Waals surface area contributed by atoms with Gasteiger partial charge in [0.1, 0.15) is 35.7 Å². The van der Waals surface area contributed by atoms with E-state index in [1.165, 1.54) is 6.20 Å². The number of anilines is 1. The first kappa shape index (κ1) is 46.3. The Bertz CT molecular complexity index is 2700. The summed E-state index contributed by atoms with van der Waals surface area (Å²) in [5.74, 6) is -3.15. The number of hydrogen-bond acceptors (Lipinski definition) is 9. The van der Waals surface area contributed by atoms with Crippen LogP contribution in [0.4, 0.5) is 19.7 Å². The second-order valence-electron chi connectivity index (χ2n) is 18.3. The normalized spacial score (nSPS) is 15.5. The number of hydrogen-bond donors (Lipinski definition) is 4. The molecule has 5 aromatic rings. The largest absolute Gasteiger partial charge is 0.477 e. The topological polar surface area (TPSA) is 189 Å². The summed E-state index contributed by atoms with van der Waals surface area (Å²) in [6, 6.07) is 25.8. The molecule has 0 bridgehead atoms. The molecule has 0 unspecified atom stereocenters. The number of aromatic carboxylic acids is 1. The molecule has 16 heteroatoms. The van der Waals surface area contributed by atoms with E-state index in [4.69, 9.17) is 9.47 Å². The number of alkyl carbamates (subject to hydrolysis) is 2. The van der Waals surface area contributed by atoms with Crippen LogP contribution >= 0.6 is 0 Å². The number of ether oxygens (including phenoxy) is 2. The van der Waals surface area contributed by atoms with Crippen LogP contribution in [0.15, 0.2) is 102 Å². The molecule has 1 aromatic heterocycles. The molecule has 0 radical (unpaired) electrons. The van der Waals surface area contributed by atoms with Crippen molar-refractivity contribution in [1.82, 2.24) is 25.4 Å². The lowest BCUT2D eigenvalue weighted by Gasteiger charge is -2.38. The molecular weight excluding hydrogens is 860 g/mol. The molecule has 15 nitrogen and oxygen atoms in total. The van der Waals surface area contributed by atoms with E-state index < -0.39 is 58.6 Å². The van der Waals surface area contributed by atoms with Crippen molar-refractivity contribution in [1.29, 1.82) is 0 Å². The molecule has 3 aliphatic rings. The highest BCUT2D eigenvalue weighted by Gasteiger charge is 2.34. The van der Waals surface area contributed by atoms with E-state index in [9.17, 15) is 33.9 Å². The zero-order valence-electron chi connectivity index (χ0n) is 37.8. The molecule has 2 fully saturated rings. The first-order chi connectivity index (χ1) is 32.1. The highest BCUT2D eigenvalue weighted by molar-refractivity contribution is 5.94. The van der Waals surface area contributed by atoms with Crippen LogP contribution in [0.3, 0.4) is 0 Å². The number of fused-ring (bicyclic) bond motifs is 4. The van der Waals surface area contributed by atoms with Gasteiger partial charge in [-0.25, -0.2) is 18.8 Å². The van der Waals surface area contributed by atoms with Gasteiger partial charge < -0.3 is 44.9 Å². The Balaban J connectivity index is 0.920. The number of nitrogens with one attached hydrogen (secondary N) is 3. The smallest absolute Gasteiger partial charge is 0.408 e. The molecule has 2 aliphatic carbocycles. The Hall–Kier alpha value is -7.23. The zero-order chi connectivity index (χ0) is 47.4. The standard InChI is InChI=1S/C51H55FN6O9/c1-51(2,3)67-50(65)55-41(18-11-21-53-49(64)66-30-39-35-16-9-7-14-33(35)34-15-8-10-17-36(34)39)46(60)54-42(26-31-12-5-4-6-13-31)47(61)57-24-22-56(23-25-57)44-28-43-37(27-40(44)52)45(59)38(48(62)63)29-58(43)32-19-20-32/h4-10,12-17,27-29,32,39,41-42H,11,18-26,30H2,1-3H3,(H,53,64)(H,54,60)(H,55,65)(H,62,63)/t41-,42-/m0/s1. The summed E-state index contributed by atoms with van der Waals surface area (Å²) in [4.78, 5) is 82.9. The maximum absolute atomic E-state index is 15.8. The fourth-order valence-electron chi connectivity index (χ4n) is 8.98. The molecule has 4 amide bonds. The number of carboxylic acids is 1. The lowest BCUT2D eigenvalue weighted by molar-refractivity contribution is -0.137. The maximum Gasteiger partial charge on any atom is 0.408 e. The molecule has 1 saturated carbocycles. The third kappa shape index (κ3) is 10.7. The van der Waals surface area contributed by atoms with Crippen LogP contribution in [0.25, 0.3) is 22.0 Å². The summed E-state index contributed by atoms with van der Waals surface area (Å²) in [7, 11) is 0. The molecule has 1 aliphatic heterocycles. The van der Waals surface area contributed by atoms with Crippen LogP contribution < -0.4 is 26.3 Å². The number of carbonyl (C=O) groups excluding carboxylic acids is 4. The van der Waals surface area contributed by atoms with Crippen LogP contribution in [0.1, 0.15) is 85.5 Å². The van der Waals surface area contributed by atoms with Gasteiger partial charge in [-0.3, -0.25) is 14.4 Å². The monoisotopic (exact) mass is 914 g/mol. The van der Waals surface area contributed by atoms with E-state index in [0.29, 0.717) is 5.52 Å². The van der Waals surface area contributed by atoms with Crippen molar-refractivity contribution in [3.05, 3.63) is 135 Å². The number of pyridine rings is 1. The van der Waals surface area contributed by atoms with Crippen molar-refractivity contribution in [3.63, 3.8) is 0 Å². The minimum Gasteiger partial charge on any atom is -0.477 e. The molecular formula is C51H55FN6O9. The summed E-state index contributed by atoms with van der Waals surface area (Å²) in [6.07, 6.45) is 2.01. The second-order valence-corrected chi connectivity index (χ2v) is 18.3. The number of aromatic nitrogens is 1. The van der Waals surface area contributed by atoms with Crippen molar-refractivity contribution < 1.29 is 42.9 Å². The fraction of sp³-hybridized carbons (Fsp3) is 0.373. The van der Waals surface area contributed by atoms with Crippen molar-refractivity contribution >= 4 is 46.6 Å². The lowest BCUT2D eigenvalue weighted by Crippen LogP contribution is -2.58. The van der Waals surface area contributed by atoms with Crippen LogP contribution in [0.5, 0.6) is 0 Å². The van der Waals surface area contributed by atoms with Gasteiger partial charge in [-0.15, -0.1) is 0 Å². The van der Waals surface area contributed by atoms with Gasteiger partial charge in [0.15, 0.2) is 0 Å². The second kappa shape index (κ2) is 19.7. The number of benzene rings is 4. The van der Waals surface area contributed by atoms with Gasteiger partial charge in [0.2, 0.25) is 17.2 Å². The van der Waals surface area contributed by atoms with Crippen LogP contribution in [-0.4, -0.2) is 102 Å². The molecule has 1 saturated heterocycles. The van der Waals surface area contributed by atoms with Crippen LogP contribution in [0, 0.1) is 5.82 Å². The summed E-state index contributed by atoms with van der Waals surface area (Å²) in [5.41, 5.74) is 3.84. The average molecular weight is 915 g/mol. The van der Waals surface area contributed by atoms with Gasteiger partial charge in [0.05, 0.1) is 11.2 Å². The first-order valence-electron chi connectivity index (χ1n) is 22.7. The molecule has 350 valence electrons. The number of piperazine rings is 1. The van der Waals surface area contributed by atoms with Crippen LogP contribution in [-0.2, 0) is 25.5 Å². The first-order valence-corrected chi connectivity index (χ1v) is 22.7. The highest BCUT2D eigenvalue weighted by Crippen LogP contribution is 2.44. The number of carbonyl (C=O) groups is 5. The predicted molar refractivity (Wildman–Crippen MR) is 250 cm³/mol. The van der Waals surface area contributed by atoms with E-state index in [2.05, 4.69) is 28.1 Å². The van der Waals surface area contributed by atoms with Crippen LogP contribution in [0.2, 0.25) is 0 Å². The summed E-state index contributed by atoms with van der Waals surface area (Å²) >= 11 is 0. The molecule has 4 aromatic carbocycles. The van der Waals surface area contributed by atoms with Crippen molar-refractivity contribution in [2.24, 2.45) is 0 Å². The summed E-state index contributed by atoms with van der Waals surface area (Å²) < 4.78 is 28.7. The molecule has 8 rings (SSSR count). The van der Waals surface area contributed by atoms with Gasteiger partial charge in [0.25, 0.3) is 0 Å². The highest BCUT2D eigenvalue weighted by atomic mass is 19.1. The van der Waals surface area contributed by atoms with E-state index >= 15 is 4.39 Å². The number of carboxylic acid groups (broad SMARTS) is 1. The Kier molecular flexibility index (Phi) is 13.6. The minimum atomic E-state index is -1.37. The van der Waals surface area contributed by atoms with E-state index in [1.807, 2.05) is 66.7 Å². The summed E-state index contributed by atoms with van der Waals surface area (Å²) in [6.45, 7) is 6.22. The molecule has 0 spiro atoms. The Morgan fingerprint density at radius 1 is 0.821 bits per heavy atom. The Morgan fingerprint density at radius 2 is 1.46 bits per heavy atom. The van der Waals surface area contributed by atoms with E-state index in [-0.39, 0.29) is 87.5 Å². The van der Waals surface area contributed by atoms with Gasteiger partial charge >= 0.3 is 18.2 Å². The number of amides is 4. The predicted octanol–water partition coefficient (Wildman–Crippen LogP) is 6.76. The third-order valence-electron chi connectivity index (χ3n) is 12.4. The fourth-order valence-corrected chi connectivity index (χ4v) is 8.98. The number of rotatable bonds is 15. The van der Waals surface area contributed by atoms with Crippen molar-refractivity contribution in [2.75, 3.05) is 44.2 Å². The summed E-state index contributed by atoms with van der Waals surface area (Å²) in [5, 5.41) is 18.0. The number of halogens is 1. The van der Waals surface area contributed by atoms with Gasteiger partial charge in [0, 0.05) is 62.7 Å². The molecule has 4 N–H and O–H groups in total.